The van der Waals surface area contributed by atoms with E-state index < -0.39 is 17.6 Å². The Balaban J connectivity index is 1.67. The van der Waals surface area contributed by atoms with E-state index in [1.165, 1.54) is 6.07 Å². The van der Waals surface area contributed by atoms with Gasteiger partial charge >= 0.3 is 5.97 Å². The third kappa shape index (κ3) is 4.80. The zero-order valence-electron chi connectivity index (χ0n) is 18.1. The Labute approximate surface area is 193 Å². The van der Waals surface area contributed by atoms with E-state index in [2.05, 4.69) is 4.98 Å². The predicted octanol–water partition coefficient (Wildman–Crippen LogP) is 6.09. The van der Waals surface area contributed by atoms with Crippen molar-refractivity contribution in [3.8, 4) is 5.75 Å². The molecule has 0 aliphatic heterocycles. The summed E-state index contributed by atoms with van der Waals surface area (Å²) >= 11 is 1.10. The fourth-order valence-corrected chi connectivity index (χ4v) is 4.73. The van der Waals surface area contributed by atoms with Gasteiger partial charge in [-0.15, -0.1) is 0 Å². The van der Waals surface area contributed by atoms with Crippen molar-refractivity contribution in [3.05, 3.63) is 89.0 Å². The van der Waals surface area contributed by atoms with Gasteiger partial charge in [-0.1, -0.05) is 35.6 Å². The Kier molecular flexibility index (Phi) is 6.55. The molecule has 0 amide bonds. The van der Waals surface area contributed by atoms with Gasteiger partial charge in [0.25, 0.3) is 0 Å². The van der Waals surface area contributed by atoms with Crippen LogP contribution in [0.3, 0.4) is 0 Å². The molecule has 170 valence electrons. The van der Waals surface area contributed by atoms with Crippen molar-refractivity contribution in [2.45, 2.75) is 19.4 Å². The number of rotatable bonds is 8. The van der Waals surface area contributed by atoms with E-state index >= 15 is 0 Å². The highest BCUT2D eigenvalue weighted by atomic mass is 32.1. The van der Waals surface area contributed by atoms with Gasteiger partial charge in [-0.25, -0.2) is 18.6 Å². The molecular weight excluding hydrogens is 446 g/mol. The summed E-state index contributed by atoms with van der Waals surface area (Å²) in [6.07, 6.45) is 0.689. The summed E-state index contributed by atoms with van der Waals surface area (Å²) in [7, 11) is 1.61. The number of carbonyl (C=O) groups is 1. The summed E-state index contributed by atoms with van der Waals surface area (Å²) in [6.45, 7) is 2.55. The lowest BCUT2D eigenvalue weighted by molar-refractivity contribution is 0.0697. The maximum Gasteiger partial charge on any atom is 0.335 e. The zero-order valence-corrected chi connectivity index (χ0v) is 18.9. The number of anilines is 1. The molecule has 1 unspecified atom stereocenters. The van der Waals surface area contributed by atoms with E-state index in [1.807, 2.05) is 36.1 Å². The van der Waals surface area contributed by atoms with Crippen molar-refractivity contribution in [2.24, 2.45) is 0 Å². The predicted molar refractivity (Wildman–Crippen MR) is 125 cm³/mol. The first-order valence-electron chi connectivity index (χ1n) is 10.3. The zero-order chi connectivity index (χ0) is 23.5. The third-order valence-electron chi connectivity index (χ3n) is 5.59. The molecule has 0 saturated carbocycles. The molecule has 0 fully saturated rings. The smallest absolute Gasteiger partial charge is 0.335 e. The number of nitrogens with zero attached hydrogens (tertiary/aromatic N) is 2. The Morgan fingerprint density at radius 1 is 1.09 bits per heavy atom. The summed E-state index contributed by atoms with van der Waals surface area (Å²) < 4.78 is 33.5. The fraction of sp³-hybridized carbons (Fsp3) is 0.200. The van der Waals surface area contributed by atoms with Crippen molar-refractivity contribution in [3.63, 3.8) is 0 Å². The Bertz CT molecular complexity index is 1270. The van der Waals surface area contributed by atoms with Crippen LogP contribution < -0.4 is 9.64 Å². The first-order valence-corrected chi connectivity index (χ1v) is 11.2. The highest BCUT2D eigenvalue weighted by Crippen LogP contribution is 2.36. The number of hydrogen-bond donors (Lipinski definition) is 1. The van der Waals surface area contributed by atoms with E-state index in [9.17, 15) is 18.7 Å². The van der Waals surface area contributed by atoms with Crippen LogP contribution in [0.5, 0.6) is 5.75 Å². The van der Waals surface area contributed by atoms with E-state index in [1.54, 1.807) is 31.4 Å². The van der Waals surface area contributed by atoms with Crippen LogP contribution in [0.1, 0.15) is 34.5 Å². The minimum absolute atomic E-state index is 0.174. The maximum absolute atomic E-state index is 14.4. The van der Waals surface area contributed by atoms with Crippen molar-refractivity contribution >= 4 is 32.7 Å². The number of carboxylic acids is 1. The molecule has 4 rings (SSSR count). The SMILES string of the molecule is COc1ccc(CCN(c2nc3ccc(F)c(F)c3s2)C(C)c2ccc(C(=O)O)cc2)cc1. The number of carboxylic acid groups (broad SMARTS) is 1. The molecule has 0 spiro atoms. The molecule has 8 heteroatoms. The van der Waals surface area contributed by atoms with Gasteiger partial charge in [0.1, 0.15) is 5.75 Å². The first kappa shape index (κ1) is 22.7. The molecule has 5 nitrogen and oxygen atoms in total. The summed E-state index contributed by atoms with van der Waals surface area (Å²) in [6, 6.07) is 16.8. The summed E-state index contributed by atoms with van der Waals surface area (Å²) in [4.78, 5) is 17.8. The summed E-state index contributed by atoms with van der Waals surface area (Å²) in [5.74, 6) is -2.02. The minimum atomic E-state index is -0.991. The monoisotopic (exact) mass is 468 g/mol. The molecule has 0 aliphatic carbocycles. The molecule has 1 N–H and O–H groups in total. The number of hydrogen-bond acceptors (Lipinski definition) is 5. The normalized spacial score (nSPS) is 12.0. The number of halogens is 2. The second-order valence-electron chi connectivity index (χ2n) is 7.60. The van der Waals surface area contributed by atoms with E-state index in [0.717, 1.165) is 34.3 Å². The van der Waals surface area contributed by atoms with Crippen molar-refractivity contribution in [1.82, 2.24) is 4.98 Å². The van der Waals surface area contributed by atoms with E-state index in [4.69, 9.17) is 4.74 Å². The Hall–Kier alpha value is -3.52. The summed E-state index contributed by atoms with van der Waals surface area (Å²) in [5.41, 5.74) is 2.58. The number of aromatic nitrogens is 1. The van der Waals surface area contributed by atoms with Gasteiger partial charge in [-0.3, -0.25) is 0 Å². The van der Waals surface area contributed by atoms with Crippen LogP contribution in [0.2, 0.25) is 0 Å². The van der Waals surface area contributed by atoms with Gasteiger partial charge in [0.2, 0.25) is 0 Å². The number of fused-ring (bicyclic) bond motifs is 1. The van der Waals surface area contributed by atoms with Crippen LogP contribution in [0.15, 0.2) is 60.7 Å². The second kappa shape index (κ2) is 9.54. The van der Waals surface area contributed by atoms with Gasteiger partial charge in [0, 0.05) is 6.54 Å². The Morgan fingerprint density at radius 2 is 1.79 bits per heavy atom. The third-order valence-corrected chi connectivity index (χ3v) is 6.69. The molecule has 1 heterocycles. The highest BCUT2D eigenvalue weighted by Gasteiger charge is 2.22. The second-order valence-corrected chi connectivity index (χ2v) is 8.58. The van der Waals surface area contributed by atoms with Crippen LogP contribution in [0.4, 0.5) is 13.9 Å². The van der Waals surface area contributed by atoms with E-state index in [-0.39, 0.29) is 16.3 Å². The quantitative estimate of drug-likeness (QED) is 0.339. The van der Waals surface area contributed by atoms with Crippen molar-refractivity contribution in [1.29, 1.82) is 0 Å². The molecule has 1 atom stereocenters. The van der Waals surface area contributed by atoms with Gasteiger partial charge in [-0.05, 0) is 60.9 Å². The average Bonchev–Trinajstić information content (AvgIpc) is 3.26. The molecule has 0 aliphatic rings. The number of methoxy groups -OCH3 is 1. The van der Waals surface area contributed by atoms with E-state index in [0.29, 0.717) is 23.6 Å². The lowest BCUT2D eigenvalue weighted by Crippen LogP contribution is -2.29. The lowest BCUT2D eigenvalue weighted by Gasteiger charge is -2.29. The topological polar surface area (TPSA) is 62.7 Å². The van der Waals surface area contributed by atoms with Crippen LogP contribution in [-0.2, 0) is 6.42 Å². The minimum Gasteiger partial charge on any atom is -0.497 e. The van der Waals surface area contributed by atoms with Crippen LogP contribution in [0, 0.1) is 11.6 Å². The maximum atomic E-state index is 14.4. The van der Waals surface area contributed by atoms with Gasteiger partial charge in [-0.2, -0.15) is 0 Å². The van der Waals surface area contributed by atoms with Crippen molar-refractivity contribution in [2.75, 3.05) is 18.6 Å². The molecular formula is C25H22F2N2O3S. The number of thiazole rings is 1. The van der Waals surface area contributed by atoms with Gasteiger partial charge < -0.3 is 14.7 Å². The molecule has 4 aromatic rings. The first-order chi connectivity index (χ1) is 15.9. The molecule has 33 heavy (non-hydrogen) atoms. The van der Waals surface area contributed by atoms with Crippen LogP contribution in [-0.4, -0.2) is 29.7 Å². The molecule has 3 aromatic carbocycles. The number of benzene rings is 3. The lowest BCUT2D eigenvalue weighted by atomic mass is 10.0. The Morgan fingerprint density at radius 3 is 2.42 bits per heavy atom. The largest absolute Gasteiger partial charge is 0.497 e. The van der Waals surface area contributed by atoms with Crippen LogP contribution >= 0.6 is 11.3 Å². The molecule has 0 saturated heterocycles. The molecule has 0 bridgehead atoms. The molecule has 1 aromatic heterocycles. The highest BCUT2D eigenvalue weighted by molar-refractivity contribution is 7.22. The fourth-order valence-electron chi connectivity index (χ4n) is 3.63. The average molecular weight is 469 g/mol. The molecule has 0 radical (unpaired) electrons. The standard InChI is InChI=1S/C25H22F2N2O3S/c1-15(17-5-7-18(8-6-17)24(30)31)29(14-13-16-3-9-19(32-2)10-4-16)25-28-21-12-11-20(26)22(27)23(21)33-25/h3-12,15H,13-14H2,1-2H3,(H,30,31). The number of aromatic carboxylic acids is 1. The van der Waals surface area contributed by atoms with Gasteiger partial charge in [0.05, 0.1) is 28.9 Å². The van der Waals surface area contributed by atoms with Gasteiger partial charge in [0.15, 0.2) is 16.8 Å². The summed E-state index contributed by atoms with van der Waals surface area (Å²) in [5, 5.41) is 9.75. The van der Waals surface area contributed by atoms with Crippen LogP contribution in [0.25, 0.3) is 10.2 Å². The number of ether oxygens (including phenoxy) is 1. The van der Waals surface area contributed by atoms with Crippen molar-refractivity contribution < 1.29 is 23.4 Å².